The number of H-pyrrole nitrogens is 1. The topological polar surface area (TPSA) is 49.0 Å². The Morgan fingerprint density at radius 2 is 2.47 bits per heavy atom. The quantitative estimate of drug-likeness (QED) is 0.856. The van der Waals surface area contributed by atoms with Gasteiger partial charge in [0.05, 0.1) is 6.20 Å². The smallest absolute Gasteiger partial charge is 0.246 e. The van der Waals surface area contributed by atoms with Crippen molar-refractivity contribution in [3.63, 3.8) is 0 Å². The number of halogens is 1. The lowest BCUT2D eigenvalue weighted by atomic mass is 10.1. The Labute approximate surface area is 123 Å². The van der Waals surface area contributed by atoms with E-state index in [2.05, 4.69) is 26.1 Å². The van der Waals surface area contributed by atoms with Crippen molar-refractivity contribution in [2.24, 2.45) is 0 Å². The second-order valence-corrected chi connectivity index (χ2v) is 6.24. The normalized spacial score (nSPS) is 14.9. The van der Waals surface area contributed by atoms with Gasteiger partial charge in [-0.25, -0.2) is 0 Å². The molecule has 0 bridgehead atoms. The van der Waals surface area contributed by atoms with Crippen molar-refractivity contribution in [2.45, 2.75) is 13.0 Å². The van der Waals surface area contributed by atoms with Crippen LogP contribution >= 0.6 is 27.3 Å². The molecule has 0 radical (unpaired) electrons. The van der Waals surface area contributed by atoms with E-state index in [-0.39, 0.29) is 5.91 Å². The van der Waals surface area contributed by atoms with Gasteiger partial charge in [0, 0.05) is 51.6 Å². The molecule has 6 heteroatoms. The van der Waals surface area contributed by atoms with Crippen LogP contribution < -0.4 is 0 Å². The summed E-state index contributed by atoms with van der Waals surface area (Å²) in [6.07, 6.45) is 6.15. The fraction of sp³-hybridized carbons (Fsp3) is 0.231. The molecule has 1 aliphatic heterocycles. The molecular weight excluding hydrogens is 326 g/mol. The SMILES string of the molecule is O=C(C=Cc1cc(Br)cs1)N1CCc2[nH]ncc2C1. The molecule has 1 N–H and O–H groups in total. The van der Waals surface area contributed by atoms with Crippen LogP contribution in [0, 0.1) is 0 Å². The molecule has 0 saturated heterocycles. The van der Waals surface area contributed by atoms with Crippen molar-refractivity contribution in [1.29, 1.82) is 0 Å². The van der Waals surface area contributed by atoms with Crippen LogP contribution in [0.15, 0.2) is 28.2 Å². The summed E-state index contributed by atoms with van der Waals surface area (Å²) in [6.45, 7) is 1.38. The van der Waals surface area contributed by atoms with Crippen LogP contribution in [0.2, 0.25) is 0 Å². The van der Waals surface area contributed by atoms with Gasteiger partial charge in [-0.05, 0) is 28.1 Å². The predicted molar refractivity (Wildman–Crippen MR) is 78.8 cm³/mol. The number of rotatable bonds is 2. The highest BCUT2D eigenvalue weighted by molar-refractivity contribution is 9.10. The van der Waals surface area contributed by atoms with Gasteiger partial charge in [0.1, 0.15) is 0 Å². The zero-order valence-corrected chi connectivity index (χ0v) is 12.5. The largest absolute Gasteiger partial charge is 0.334 e. The van der Waals surface area contributed by atoms with Gasteiger partial charge < -0.3 is 4.90 Å². The van der Waals surface area contributed by atoms with E-state index in [9.17, 15) is 4.79 Å². The Hall–Kier alpha value is -1.40. The Balaban J connectivity index is 1.67. The molecule has 0 fully saturated rings. The summed E-state index contributed by atoms with van der Waals surface area (Å²) < 4.78 is 1.05. The number of amides is 1. The first kappa shape index (κ1) is 12.6. The number of carbonyl (C=O) groups is 1. The average molecular weight is 338 g/mol. The monoisotopic (exact) mass is 337 g/mol. The van der Waals surface area contributed by atoms with E-state index in [0.29, 0.717) is 6.54 Å². The summed E-state index contributed by atoms with van der Waals surface area (Å²) in [5, 5.41) is 8.98. The molecule has 4 nitrogen and oxygen atoms in total. The van der Waals surface area contributed by atoms with E-state index in [1.165, 1.54) is 0 Å². The van der Waals surface area contributed by atoms with Crippen molar-refractivity contribution in [3.05, 3.63) is 44.3 Å². The summed E-state index contributed by atoms with van der Waals surface area (Å²) in [7, 11) is 0. The third-order valence-corrected chi connectivity index (χ3v) is 4.75. The molecule has 2 aromatic rings. The number of thiophene rings is 1. The average Bonchev–Trinajstić information content (AvgIpc) is 3.03. The summed E-state index contributed by atoms with van der Waals surface area (Å²) >= 11 is 5.01. The predicted octanol–water partition coefficient (Wildman–Crippen LogP) is 2.83. The molecule has 1 amide bonds. The van der Waals surface area contributed by atoms with Crippen molar-refractivity contribution < 1.29 is 4.79 Å². The lowest BCUT2D eigenvalue weighted by Gasteiger charge is -2.25. The first-order valence-corrected chi connectivity index (χ1v) is 7.62. The molecule has 0 aromatic carbocycles. The van der Waals surface area contributed by atoms with Crippen molar-refractivity contribution in [1.82, 2.24) is 15.1 Å². The van der Waals surface area contributed by atoms with Crippen LogP contribution in [-0.4, -0.2) is 27.5 Å². The molecule has 2 aromatic heterocycles. The van der Waals surface area contributed by atoms with Gasteiger partial charge in [-0.3, -0.25) is 9.89 Å². The third-order valence-electron chi connectivity index (χ3n) is 3.09. The number of aromatic amines is 1. The number of aromatic nitrogens is 2. The van der Waals surface area contributed by atoms with Gasteiger partial charge in [-0.15, -0.1) is 11.3 Å². The summed E-state index contributed by atoms with van der Waals surface area (Å²) in [6, 6.07) is 2.00. The minimum absolute atomic E-state index is 0.0522. The summed E-state index contributed by atoms with van der Waals surface area (Å²) in [5.74, 6) is 0.0522. The zero-order valence-electron chi connectivity index (χ0n) is 10.1. The molecular formula is C13H12BrN3OS. The third kappa shape index (κ3) is 2.79. The second-order valence-electron chi connectivity index (χ2n) is 4.38. The zero-order chi connectivity index (χ0) is 13.2. The Bertz CT molecular complexity index is 631. The van der Waals surface area contributed by atoms with E-state index in [1.807, 2.05) is 22.4 Å². The van der Waals surface area contributed by atoms with E-state index < -0.39 is 0 Å². The maximum Gasteiger partial charge on any atom is 0.246 e. The number of fused-ring (bicyclic) bond motifs is 1. The van der Waals surface area contributed by atoms with Gasteiger partial charge in [0.2, 0.25) is 5.91 Å². The lowest BCUT2D eigenvalue weighted by Crippen LogP contribution is -2.34. The first-order valence-electron chi connectivity index (χ1n) is 5.94. The number of carbonyl (C=O) groups excluding carboxylic acids is 1. The molecule has 3 heterocycles. The Morgan fingerprint density at radius 3 is 3.26 bits per heavy atom. The minimum atomic E-state index is 0.0522. The fourth-order valence-corrected chi connectivity index (χ4v) is 3.42. The Morgan fingerprint density at radius 1 is 1.58 bits per heavy atom. The molecule has 0 spiro atoms. The standard InChI is InChI=1S/C13H12BrN3OS/c14-10-5-11(19-8-10)1-2-13(18)17-4-3-12-9(7-17)6-15-16-12/h1-2,5-6,8H,3-4,7H2,(H,15,16). The van der Waals surface area contributed by atoms with Crippen LogP contribution in [0.3, 0.4) is 0 Å². The molecule has 0 unspecified atom stereocenters. The fourth-order valence-electron chi connectivity index (χ4n) is 2.08. The van der Waals surface area contributed by atoms with Crippen molar-refractivity contribution in [3.8, 4) is 0 Å². The van der Waals surface area contributed by atoms with Gasteiger partial charge in [-0.1, -0.05) is 0 Å². The molecule has 0 aliphatic carbocycles. The summed E-state index contributed by atoms with van der Waals surface area (Å²) in [4.78, 5) is 15.0. The summed E-state index contributed by atoms with van der Waals surface area (Å²) in [5.41, 5.74) is 2.27. The molecule has 3 rings (SSSR count). The van der Waals surface area contributed by atoms with Gasteiger partial charge in [0.15, 0.2) is 0 Å². The Kier molecular flexibility index (Phi) is 3.52. The van der Waals surface area contributed by atoms with E-state index >= 15 is 0 Å². The number of nitrogens with zero attached hydrogens (tertiary/aromatic N) is 2. The highest BCUT2D eigenvalue weighted by Crippen LogP contribution is 2.21. The highest BCUT2D eigenvalue weighted by Gasteiger charge is 2.20. The van der Waals surface area contributed by atoms with Gasteiger partial charge in [-0.2, -0.15) is 5.10 Å². The minimum Gasteiger partial charge on any atom is -0.334 e. The molecule has 0 saturated carbocycles. The highest BCUT2D eigenvalue weighted by atomic mass is 79.9. The number of hydrogen-bond acceptors (Lipinski definition) is 3. The maximum absolute atomic E-state index is 12.1. The first-order chi connectivity index (χ1) is 9.22. The van der Waals surface area contributed by atoms with E-state index in [1.54, 1.807) is 23.6 Å². The van der Waals surface area contributed by atoms with Crippen LogP contribution in [0.25, 0.3) is 6.08 Å². The van der Waals surface area contributed by atoms with Crippen molar-refractivity contribution >= 4 is 39.2 Å². The van der Waals surface area contributed by atoms with E-state index in [4.69, 9.17) is 0 Å². The van der Waals surface area contributed by atoms with Gasteiger partial charge in [0.25, 0.3) is 0 Å². The van der Waals surface area contributed by atoms with Crippen LogP contribution in [-0.2, 0) is 17.8 Å². The van der Waals surface area contributed by atoms with Crippen molar-refractivity contribution in [2.75, 3.05) is 6.54 Å². The lowest BCUT2D eigenvalue weighted by molar-refractivity contribution is -0.126. The van der Waals surface area contributed by atoms with Crippen LogP contribution in [0.4, 0.5) is 0 Å². The molecule has 98 valence electrons. The van der Waals surface area contributed by atoms with Crippen LogP contribution in [0.5, 0.6) is 0 Å². The second kappa shape index (κ2) is 5.30. The maximum atomic E-state index is 12.1. The number of nitrogens with one attached hydrogen (secondary N) is 1. The molecule has 1 aliphatic rings. The number of hydrogen-bond donors (Lipinski definition) is 1. The molecule has 19 heavy (non-hydrogen) atoms. The van der Waals surface area contributed by atoms with E-state index in [0.717, 1.165) is 33.6 Å². The molecule has 0 atom stereocenters. The van der Waals surface area contributed by atoms with Crippen LogP contribution in [0.1, 0.15) is 16.1 Å². The van der Waals surface area contributed by atoms with Gasteiger partial charge >= 0.3 is 0 Å².